The third-order valence-electron chi connectivity index (χ3n) is 2.75. The second-order valence-electron chi connectivity index (χ2n) is 4.31. The number of carbonyl (C=O) groups excluding carboxylic acids is 1. The van der Waals surface area contributed by atoms with Gasteiger partial charge in [-0.2, -0.15) is 0 Å². The minimum atomic E-state index is -0.586. The van der Waals surface area contributed by atoms with Gasteiger partial charge in [-0.05, 0) is 18.6 Å². The lowest BCUT2D eigenvalue weighted by Crippen LogP contribution is -2.15. The Labute approximate surface area is 120 Å². The van der Waals surface area contributed by atoms with E-state index >= 15 is 0 Å². The van der Waals surface area contributed by atoms with Crippen LogP contribution in [0.3, 0.4) is 0 Å². The number of nitrogens with one attached hydrogen (secondary N) is 3. The average Bonchev–Trinajstić information content (AvgIpc) is 2.97. The predicted octanol–water partition coefficient (Wildman–Crippen LogP) is 2.39. The van der Waals surface area contributed by atoms with E-state index in [0.717, 1.165) is 13.0 Å². The number of H-pyrrole nitrogens is 1. The first-order valence-corrected chi connectivity index (χ1v) is 6.45. The lowest BCUT2D eigenvalue weighted by Gasteiger charge is -2.08. The number of aromatic amines is 1. The van der Waals surface area contributed by atoms with Gasteiger partial charge in [0.05, 0.1) is 4.92 Å². The highest BCUT2D eigenvalue weighted by molar-refractivity contribution is 6.06. The molecule has 0 bridgehead atoms. The van der Waals surface area contributed by atoms with Gasteiger partial charge in [0.1, 0.15) is 5.56 Å². The number of nitro benzene ring substituents is 1. The summed E-state index contributed by atoms with van der Waals surface area (Å²) in [7, 11) is 0. The fraction of sp³-hybridized carbons (Fsp3) is 0.231. The quantitative estimate of drug-likeness (QED) is 0.558. The molecule has 21 heavy (non-hydrogen) atoms. The SMILES string of the molecule is CCCNc1ccc([N+](=O)[O-])c(C(=O)Nc2ncc[nH]2)c1. The maximum Gasteiger partial charge on any atom is 0.282 e. The van der Waals surface area contributed by atoms with Crippen molar-refractivity contribution in [3.05, 3.63) is 46.3 Å². The molecular weight excluding hydrogens is 274 g/mol. The molecule has 0 unspecified atom stereocenters. The molecule has 2 rings (SSSR count). The number of hydrogen-bond donors (Lipinski definition) is 3. The monoisotopic (exact) mass is 289 g/mol. The molecule has 1 heterocycles. The summed E-state index contributed by atoms with van der Waals surface area (Å²) in [6.45, 7) is 2.72. The van der Waals surface area contributed by atoms with Gasteiger partial charge in [0.15, 0.2) is 0 Å². The number of nitro groups is 1. The number of imidazole rings is 1. The van der Waals surface area contributed by atoms with Crippen LogP contribution in [0.5, 0.6) is 0 Å². The summed E-state index contributed by atoms with van der Waals surface area (Å²) in [5.41, 5.74) is 0.394. The molecule has 8 nitrogen and oxygen atoms in total. The maximum atomic E-state index is 12.2. The van der Waals surface area contributed by atoms with E-state index in [1.165, 1.54) is 18.3 Å². The lowest BCUT2D eigenvalue weighted by molar-refractivity contribution is -0.385. The molecule has 0 saturated heterocycles. The molecule has 8 heteroatoms. The number of nitrogens with zero attached hydrogens (tertiary/aromatic N) is 2. The van der Waals surface area contributed by atoms with Crippen LogP contribution in [0.15, 0.2) is 30.6 Å². The summed E-state index contributed by atoms with van der Waals surface area (Å²) in [6, 6.07) is 4.36. The Morgan fingerprint density at radius 1 is 1.48 bits per heavy atom. The molecule has 1 aromatic carbocycles. The van der Waals surface area contributed by atoms with E-state index in [2.05, 4.69) is 20.6 Å². The standard InChI is InChI=1S/C13H15N5O3/c1-2-5-14-9-3-4-11(18(20)21)10(8-9)12(19)17-13-15-6-7-16-13/h3-4,6-8,14H,2,5H2,1H3,(H2,15,16,17,19). The smallest absolute Gasteiger partial charge is 0.282 e. The Bertz CT molecular complexity index is 639. The van der Waals surface area contributed by atoms with Crippen LogP contribution in [-0.2, 0) is 0 Å². The van der Waals surface area contributed by atoms with Gasteiger partial charge in [-0.25, -0.2) is 4.98 Å². The average molecular weight is 289 g/mol. The van der Waals surface area contributed by atoms with Crippen molar-refractivity contribution in [1.29, 1.82) is 0 Å². The van der Waals surface area contributed by atoms with Gasteiger partial charge >= 0.3 is 0 Å². The van der Waals surface area contributed by atoms with E-state index in [4.69, 9.17) is 0 Å². The Morgan fingerprint density at radius 2 is 2.29 bits per heavy atom. The number of benzene rings is 1. The van der Waals surface area contributed by atoms with Gasteiger partial charge in [-0.1, -0.05) is 6.92 Å². The fourth-order valence-electron chi connectivity index (χ4n) is 1.76. The van der Waals surface area contributed by atoms with Crippen molar-refractivity contribution < 1.29 is 9.72 Å². The number of carbonyl (C=O) groups is 1. The molecule has 0 aliphatic carbocycles. The molecule has 0 fully saturated rings. The number of rotatable bonds is 6. The first kappa shape index (κ1) is 14.5. The van der Waals surface area contributed by atoms with Crippen molar-refractivity contribution in [2.45, 2.75) is 13.3 Å². The van der Waals surface area contributed by atoms with E-state index in [-0.39, 0.29) is 17.2 Å². The van der Waals surface area contributed by atoms with Crippen LogP contribution in [0, 0.1) is 10.1 Å². The Morgan fingerprint density at radius 3 is 2.90 bits per heavy atom. The zero-order valence-corrected chi connectivity index (χ0v) is 11.4. The van der Waals surface area contributed by atoms with Crippen LogP contribution < -0.4 is 10.6 Å². The first-order chi connectivity index (χ1) is 10.1. The number of aromatic nitrogens is 2. The van der Waals surface area contributed by atoms with Gasteiger partial charge in [-0.15, -0.1) is 0 Å². The predicted molar refractivity (Wildman–Crippen MR) is 78.4 cm³/mol. The molecule has 110 valence electrons. The molecule has 0 spiro atoms. The van der Waals surface area contributed by atoms with Gasteiger partial charge in [0, 0.05) is 30.7 Å². The van der Waals surface area contributed by atoms with Crippen LogP contribution in [0.1, 0.15) is 23.7 Å². The minimum absolute atomic E-state index is 0.0162. The second kappa shape index (κ2) is 6.51. The fourth-order valence-corrected chi connectivity index (χ4v) is 1.76. The summed E-state index contributed by atoms with van der Waals surface area (Å²) in [4.78, 5) is 29.2. The highest BCUT2D eigenvalue weighted by Gasteiger charge is 2.21. The molecule has 2 aromatic rings. The molecule has 0 saturated carbocycles. The molecule has 0 aliphatic heterocycles. The van der Waals surface area contributed by atoms with Crippen molar-refractivity contribution >= 4 is 23.2 Å². The van der Waals surface area contributed by atoms with E-state index in [1.807, 2.05) is 6.92 Å². The Hall–Kier alpha value is -2.90. The number of anilines is 2. The van der Waals surface area contributed by atoms with Crippen molar-refractivity contribution in [3.63, 3.8) is 0 Å². The summed E-state index contributed by atoms with van der Waals surface area (Å²) >= 11 is 0. The van der Waals surface area contributed by atoms with Crippen molar-refractivity contribution in [2.24, 2.45) is 0 Å². The van der Waals surface area contributed by atoms with Crippen LogP contribution in [0.4, 0.5) is 17.3 Å². The van der Waals surface area contributed by atoms with E-state index < -0.39 is 10.8 Å². The molecule has 1 aromatic heterocycles. The Kier molecular flexibility index (Phi) is 4.50. The van der Waals surface area contributed by atoms with Gasteiger partial charge < -0.3 is 10.3 Å². The lowest BCUT2D eigenvalue weighted by atomic mass is 10.1. The highest BCUT2D eigenvalue weighted by Crippen LogP contribution is 2.23. The minimum Gasteiger partial charge on any atom is -0.385 e. The first-order valence-electron chi connectivity index (χ1n) is 6.45. The largest absolute Gasteiger partial charge is 0.385 e. The van der Waals surface area contributed by atoms with Gasteiger partial charge in [0.2, 0.25) is 5.95 Å². The third-order valence-corrected chi connectivity index (χ3v) is 2.75. The topological polar surface area (TPSA) is 113 Å². The van der Waals surface area contributed by atoms with Crippen LogP contribution in [0.2, 0.25) is 0 Å². The van der Waals surface area contributed by atoms with Crippen molar-refractivity contribution in [1.82, 2.24) is 9.97 Å². The van der Waals surface area contributed by atoms with Crippen LogP contribution in [-0.4, -0.2) is 27.3 Å². The summed E-state index contributed by atoms with van der Waals surface area (Å²) in [6.07, 6.45) is 3.93. The number of hydrogen-bond acceptors (Lipinski definition) is 5. The molecule has 3 N–H and O–H groups in total. The van der Waals surface area contributed by atoms with Crippen molar-refractivity contribution in [3.8, 4) is 0 Å². The third kappa shape index (κ3) is 3.56. The summed E-state index contributed by atoms with van der Waals surface area (Å²) in [5.74, 6) is -0.349. The zero-order chi connectivity index (χ0) is 15.2. The number of amides is 1. The molecule has 1 amide bonds. The molecule has 0 atom stereocenters. The van der Waals surface area contributed by atoms with E-state index in [9.17, 15) is 14.9 Å². The Balaban J connectivity index is 2.29. The van der Waals surface area contributed by atoms with E-state index in [0.29, 0.717) is 5.69 Å². The molecule has 0 aliphatic rings. The summed E-state index contributed by atoms with van der Waals surface area (Å²) in [5, 5.41) is 16.6. The van der Waals surface area contributed by atoms with Crippen molar-refractivity contribution in [2.75, 3.05) is 17.2 Å². The van der Waals surface area contributed by atoms with Crippen LogP contribution >= 0.6 is 0 Å². The van der Waals surface area contributed by atoms with Crippen LogP contribution in [0.25, 0.3) is 0 Å². The normalized spacial score (nSPS) is 10.1. The van der Waals surface area contributed by atoms with Gasteiger partial charge in [-0.3, -0.25) is 20.2 Å². The molecule has 0 radical (unpaired) electrons. The second-order valence-corrected chi connectivity index (χ2v) is 4.31. The van der Waals surface area contributed by atoms with E-state index in [1.54, 1.807) is 12.3 Å². The molecular formula is C13H15N5O3. The highest BCUT2D eigenvalue weighted by atomic mass is 16.6. The zero-order valence-electron chi connectivity index (χ0n) is 11.4. The summed E-state index contributed by atoms with van der Waals surface area (Å²) < 4.78 is 0. The maximum absolute atomic E-state index is 12.2. The van der Waals surface area contributed by atoms with Gasteiger partial charge in [0.25, 0.3) is 11.6 Å².